The number of hydrogen-bond donors (Lipinski definition) is 1. The van der Waals surface area contributed by atoms with Crippen molar-refractivity contribution in [2.75, 3.05) is 13.6 Å². The highest BCUT2D eigenvalue weighted by atomic mass is 79.9. The topological polar surface area (TPSA) is 63.4 Å². The molecule has 0 aromatic heterocycles. The molecule has 0 saturated heterocycles. The molecule has 1 rings (SSSR count). The molecule has 0 radical (unpaired) electrons. The molecular formula is C13H18BrFN2O2S. The summed E-state index contributed by atoms with van der Waals surface area (Å²) in [6.07, 6.45) is 3.06. The normalized spacial score (nSPS) is 11.8. The molecule has 0 heterocycles. The van der Waals surface area contributed by atoms with E-state index < -0.39 is 15.8 Å². The van der Waals surface area contributed by atoms with Crippen LogP contribution in [0.2, 0.25) is 0 Å². The molecule has 7 heteroatoms. The van der Waals surface area contributed by atoms with Crippen LogP contribution in [0.15, 0.2) is 34.2 Å². The third-order valence-corrected chi connectivity index (χ3v) is 5.18. The zero-order chi connectivity index (χ0) is 15.3. The largest absolute Gasteiger partial charge is 0.326 e. The van der Waals surface area contributed by atoms with Crippen molar-refractivity contribution in [2.24, 2.45) is 5.73 Å². The number of rotatable bonds is 7. The van der Waals surface area contributed by atoms with Crippen molar-refractivity contribution >= 4 is 26.0 Å². The first-order valence-corrected chi connectivity index (χ1v) is 8.33. The summed E-state index contributed by atoms with van der Waals surface area (Å²) < 4.78 is 40.5. The molecule has 2 N–H and O–H groups in total. The molecule has 4 nitrogen and oxygen atoms in total. The molecule has 0 amide bonds. The lowest BCUT2D eigenvalue weighted by Gasteiger charge is -2.18. The maximum atomic E-state index is 14.2. The van der Waals surface area contributed by atoms with Gasteiger partial charge in [-0.25, -0.2) is 17.1 Å². The summed E-state index contributed by atoms with van der Waals surface area (Å²) in [6.45, 7) is 3.82. The lowest BCUT2D eigenvalue weighted by molar-refractivity contribution is 0.455. The van der Waals surface area contributed by atoms with Gasteiger partial charge < -0.3 is 5.73 Å². The third-order valence-electron chi connectivity index (χ3n) is 2.87. The number of allylic oxidation sites excluding steroid dienone is 1. The maximum Gasteiger partial charge on any atom is 0.245 e. The number of halogens is 2. The van der Waals surface area contributed by atoms with Crippen molar-refractivity contribution in [3.63, 3.8) is 0 Å². The van der Waals surface area contributed by atoms with Crippen LogP contribution in [0.4, 0.5) is 4.39 Å². The van der Waals surface area contributed by atoms with Crippen LogP contribution in [0.3, 0.4) is 0 Å². The van der Waals surface area contributed by atoms with E-state index in [4.69, 9.17) is 5.73 Å². The second kappa shape index (κ2) is 7.31. The monoisotopic (exact) mass is 364 g/mol. The van der Waals surface area contributed by atoms with Gasteiger partial charge in [0.05, 0.1) is 0 Å². The molecule has 0 aliphatic heterocycles. The lowest BCUT2D eigenvalue weighted by atomic mass is 10.2. The Bertz CT molecular complexity index is 590. The van der Waals surface area contributed by atoms with Crippen molar-refractivity contribution in [2.45, 2.75) is 24.3 Å². The zero-order valence-corrected chi connectivity index (χ0v) is 13.7. The Kier molecular flexibility index (Phi) is 6.32. The minimum atomic E-state index is -3.87. The van der Waals surface area contributed by atoms with Crippen LogP contribution in [0.25, 0.3) is 0 Å². The van der Waals surface area contributed by atoms with Gasteiger partial charge in [-0.05, 0) is 25.0 Å². The first-order chi connectivity index (χ1) is 9.34. The molecule has 20 heavy (non-hydrogen) atoms. The molecule has 0 aliphatic carbocycles. The Morgan fingerprint density at radius 3 is 2.70 bits per heavy atom. The number of benzene rings is 1. The highest BCUT2D eigenvalue weighted by Crippen LogP contribution is 2.26. The Morgan fingerprint density at radius 2 is 2.15 bits per heavy atom. The van der Waals surface area contributed by atoms with Gasteiger partial charge in [0.15, 0.2) is 0 Å². The smallest absolute Gasteiger partial charge is 0.245 e. The number of nitrogens with zero attached hydrogens (tertiary/aromatic N) is 1. The molecule has 1 aromatic rings. The molecule has 0 spiro atoms. The van der Waals surface area contributed by atoms with E-state index in [0.29, 0.717) is 23.9 Å². The number of unbranched alkanes of at least 4 members (excludes halogenated alkanes) is 1. The van der Waals surface area contributed by atoms with E-state index in [1.54, 1.807) is 6.08 Å². The Hall–Kier alpha value is -0.760. The zero-order valence-electron chi connectivity index (χ0n) is 11.3. The lowest BCUT2D eigenvalue weighted by Crippen LogP contribution is -2.29. The van der Waals surface area contributed by atoms with E-state index in [2.05, 4.69) is 22.5 Å². The average molecular weight is 365 g/mol. The van der Waals surface area contributed by atoms with E-state index in [0.717, 1.165) is 4.31 Å². The summed E-state index contributed by atoms with van der Waals surface area (Å²) in [5.74, 6) is -0.786. The fraction of sp³-hybridized carbons (Fsp3) is 0.385. The van der Waals surface area contributed by atoms with E-state index in [9.17, 15) is 12.8 Å². The van der Waals surface area contributed by atoms with Crippen LogP contribution >= 0.6 is 15.9 Å². The van der Waals surface area contributed by atoms with E-state index in [-0.39, 0.29) is 17.0 Å². The first kappa shape index (κ1) is 17.3. The molecule has 0 unspecified atom stereocenters. The molecule has 1 aromatic carbocycles. The third kappa shape index (κ3) is 3.88. The van der Waals surface area contributed by atoms with Gasteiger partial charge in [0.2, 0.25) is 10.0 Å². The van der Waals surface area contributed by atoms with Gasteiger partial charge >= 0.3 is 0 Å². The van der Waals surface area contributed by atoms with Crippen molar-refractivity contribution in [1.29, 1.82) is 0 Å². The number of hydrogen-bond acceptors (Lipinski definition) is 3. The SMILES string of the molecule is C=CCCCN(C)S(=O)(=O)c1cc(Br)cc(CN)c1F. The van der Waals surface area contributed by atoms with Gasteiger partial charge in [-0.1, -0.05) is 22.0 Å². The quantitative estimate of drug-likeness (QED) is 0.597. The average Bonchev–Trinajstić information content (AvgIpc) is 2.40. The van der Waals surface area contributed by atoms with Gasteiger partial charge in [-0.3, -0.25) is 0 Å². The predicted molar refractivity (Wildman–Crippen MR) is 81.2 cm³/mol. The van der Waals surface area contributed by atoms with E-state index >= 15 is 0 Å². The highest BCUT2D eigenvalue weighted by Gasteiger charge is 2.26. The molecule has 112 valence electrons. The van der Waals surface area contributed by atoms with Crippen molar-refractivity contribution < 1.29 is 12.8 Å². The molecule has 0 atom stereocenters. The van der Waals surface area contributed by atoms with Gasteiger partial charge in [-0.15, -0.1) is 6.58 Å². The van der Waals surface area contributed by atoms with Gasteiger partial charge in [0, 0.05) is 30.2 Å². The van der Waals surface area contributed by atoms with Crippen LogP contribution in [0.1, 0.15) is 18.4 Å². The molecular weight excluding hydrogens is 347 g/mol. The van der Waals surface area contributed by atoms with Crippen molar-refractivity contribution in [3.05, 3.63) is 40.6 Å². The van der Waals surface area contributed by atoms with Crippen molar-refractivity contribution in [3.8, 4) is 0 Å². The summed E-state index contributed by atoms with van der Waals surface area (Å²) in [7, 11) is -2.44. The van der Waals surface area contributed by atoms with E-state index in [1.165, 1.54) is 19.2 Å². The number of sulfonamides is 1. The van der Waals surface area contributed by atoms with Crippen LogP contribution in [0.5, 0.6) is 0 Å². The molecule has 0 bridgehead atoms. The molecule has 0 fully saturated rings. The van der Waals surface area contributed by atoms with Gasteiger partial charge in [-0.2, -0.15) is 0 Å². The standard InChI is InChI=1S/C13H18BrFN2O2S/c1-3-4-5-6-17(2)20(18,19)12-8-11(14)7-10(9-16)13(12)15/h3,7-8H,1,4-6,9,16H2,2H3. The van der Waals surface area contributed by atoms with E-state index in [1.807, 2.05) is 0 Å². The first-order valence-electron chi connectivity index (χ1n) is 6.09. The van der Waals surface area contributed by atoms with Gasteiger partial charge in [0.1, 0.15) is 10.7 Å². The molecule has 0 saturated carbocycles. The van der Waals surface area contributed by atoms with Crippen molar-refractivity contribution in [1.82, 2.24) is 4.31 Å². The highest BCUT2D eigenvalue weighted by molar-refractivity contribution is 9.10. The Labute approximate surface area is 127 Å². The summed E-state index contributed by atoms with van der Waals surface area (Å²) in [5.41, 5.74) is 5.59. The fourth-order valence-corrected chi connectivity index (χ4v) is 3.70. The number of nitrogens with two attached hydrogens (primary N) is 1. The van der Waals surface area contributed by atoms with Crippen LogP contribution in [0, 0.1) is 5.82 Å². The Balaban J connectivity index is 3.15. The van der Waals surface area contributed by atoms with Crippen LogP contribution in [-0.4, -0.2) is 26.3 Å². The predicted octanol–water partition coefficient (Wildman–Crippen LogP) is 2.63. The minimum Gasteiger partial charge on any atom is -0.326 e. The van der Waals surface area contributed by atoms with Crippen LogP contribution in [-0.2, 0) is 16.6 Å². The summed E-state index contributed by atoms with van der Waals surface area (Å²) in [4.78, 5) is -0.353. The minimum absolute atomic E-state index is 0.0615. The Morgan fingerprint density at radius 1 is 1.50 bits per heavy atom. The maximum absolute atomic E-state index is 14.2. The summed E-state index contributed by atoms with van der Waals surface area (Å²) >= 11 is 3.17. The second-order valence-corrected chi connectivity index (χ2v) is 7.27. The summed E-state index contributed by atoms with van der Waals surface area (Å²) in [6, 6.07) is 2.74. The summed E-state index contributed by atoms with van der Waals surface area (Å²) in [5, 5.41) is 0. The van der Waals surface area contributed by atoms with Gasteiger partial charge in [0.25, 0.3) is 0 Å². The second-order valence-electron chi connectivity index (χ2n) is 4.34. The molecule has 0 aliphatic rings. The fourth-order valence-electron chi connectivity index (χ4n) is 1.70. The van der Waals surface area contributed by atoms with Crippen LogP contribution < -0.4 is 5.73 Å².